The molecule has 1 fully saturated rings. The number of benzene rings is 1. The molecule has 0 radical (unpaired) electrons. The number of hydrogen-bond acceptors (Lipinski definition) is 7. The first kappa shape index (κ1) is 25.6. The maximum Gasteiger partial charge on any atom is 0.422 e. The summed E-state index contributed by atoms with van der Waals surface area (Å²) in [4.78, 5) is 22.8. The Hall–Kier alpha value is -4.48. The number of ether oxygens (including phenoxy) is 1. The van der Waals surface area contributed by atoms with E-state index in [1.165, 1.54) is 24.5 Å². The van der Waals surface area contributed by atoms with E-state index in [0.29, 0.717) is 30.6 Å². The molecule has 1 unspecified atom stereocenters. The summed E-state index contributed by atoms with van der Waals surface area (Å²) in [7, 11) is 0. The van der Waals surface area contributed by atoms with E-state index in [2.05, 4.69) is 26.3 Å². The Labute approximate surface area is 210 Å². The molecule has 0 saturated carbocycles. The van der Waals surface area contributed by atoms with Gasteiger partial charge in [-0.3, -0.25) is 9.69 Å². The molecule has 1 aromatic carbocycles. The molecule has 3 heterocycles. The van der Waals surface area contributed by atoms with Gasteiger partial charge in [0.15, 0.2) is 6.61 Å². The third-order valence-corrected chi connectivity index (χ3v) is 5.87. The van der Waals surface area contributed by atoms with E-state index in [1.807, 2.05) is 18.2 Å². The molecular formula is C26H21F3N6O2. The van der Waals surface area contributed by atoms with Crippen molar-refractivity contribution in [3.05, 3.63) is 88.9 Å². The highest BCUT2D eigenvalue weighted by atomic mass is 19.4. The average molecular weight is 506 g/mol. The number of halogens is 3. The number of nitriles is 2. The van der Waals surface area contributed by atoms with Crippen LogP contribution in [0.2, 0.25) is 0 Å². The van der Waals surface area contributed by atoms with E-state index < -0.39 is 12.8 Å². The predicted octanol–water partition coefficient (Wildman–Crippen LogP) is 3.75. The van der Waals surface area contributed by atoms with Gasteiger partial charge in [-0.25, -0.2) is 9.97 Å². The maximum atomic E-state index is 12.7. The fraction of sp³-hybridized carbons (Fsp3) is 0.269. The van der Waals surface area contributed by atoms with Gasteiger partial charge in [0.25, 0.3) is 5.91 Å². The zero-order valence-corrected chi connectivity index (χ0v) is 19.4. The lowest BCUT2D eigenvalue weighted by atomic mass is 9.97. The fourth-order valence-corrected chi connectivity index (χ4v) is 4.15. The average Bonchev–Trinajstić information content (AvgIpc) is 3.36. The van der Waals surface area contributed by atoms with Crippen LogP contribution in [0.3, 0.4) is 0 Å². The number of pyridine rings is 2. The van der Waals surface area contributed by atoms with Crippen LogP contribution in [0.4, 0.5) is 13.2 Å². The van der Waals surface area contributed by atoms with Gasteiger partial charge in [0.05, 0.1) is 23.2 Å². The predicted molar refractivity (Wildman–Crippen MR) is 125 cm³/mol. The number of nitrogens with zero attached hydrogens (tertiary/aromatic N) is 5. The van der Waals surface area contributed by atoms with Gasteiger partial charge >= 0.3 is 6.18 Å². The number of likely N-dealkylation sites (tertiary alicyclic amines) is 1. The lowest BCUT2D eigenvalue weighted by Gasteiger charge is -2.29. The number of rotatable bonds is 7. The smallest absolute Gasteiger partial charge is 0.422 e. The van der Waals surface area contributed by atoms with Crippen LogP contribution >= 0.6 is 0 Å². The van der Waals surface area contributed by atoms with Gasteiger partial charge in [0.1, 0.15) is 11.8 Å². The highest BCUT2D eigenvalue weighted by Crippen LogP contribution is 2.32. The summed E-state index contributed by atoms with van der Waals surface area (Å²) in [5.74, 6) is -0.436. The fourth-order valence-electron chi connectivity index (χ4n) is 4.15. The largest absolute Gasteiger partial charge is 0.468 e. The van der Waals surface area contributed by atoms with Crippen molar-refractivity contribution >= 4 is 5.91 Å². The zero-order chi connectivity index (χ0) is 26.4. The summed E-state index contributed by atoms with van der Waals surface area (Å²) in [5.41, 5.74) is 2.66. The normalized spacial score (nSPS) is 16.4. The molecule has 8 nitrogen and oxygen atoms in total. The Balaban J connectivity index is 1.51. The van der Waals surface area contributed by atoms with Crippen LogP contribution in [0.1, 0.15) is 45.2 Å². The molecule has 3 aromatic rings. The van der Waals surface area contributed by atoms with Gasteiger partial charge in [0.2, 0.25) is 5.88 Å². The molecule has 37 heavy (non-hydrogen) atoms. The second-order valence-electron chi connectivity index (χ2n) is 8.47. The highest BCUT2D eigenvalue weighted by molar-refractivity contribution is 5.94. The quantitative estimate of drug-likeness (QED) is 0.519. The highest BCUT2D eigenvalue weighted by Gasteiger charge is 2.32. The van der Waals surface area contributed by atoms with Gasteiger partial charge in [-0.1, -0.05) is 18.2 Å². The number of alkyl halides is 3. The van der Waals surface area contributed by atoms with Crippen LogP contribution in [0.5, 0.6) is 5.88 Å². The minimum Gasteiger partial charge on any atom is -0.468 e. The Morgan fingerprint density at radius 2 is 1.81 bits per heavy atom. The van der Waals surface area contributed by atoms with Crippen molar-refractivity contribution in [2.45, 2.75) is 24.7 Å². The first-order valence-electron chi connectivity index (χ1n) is 11.3. The van der Waals surface area contributed by atoms with E-state index >= 15 is 0 Å². The van der Waals surface area contributed by atoms with Gasteiger partial charge in [-0.2, -0.15) is 23.7 Å². The van der Waals surface area contributed by atoms with Gasteiger partial charge in [-0.15, -0.1) is 0 Å². The van der Waals surface area contributed by atoms with E-state index in [4.69, 9.17) is 15.3 Å². The molecule has 0 spiro atoms. The van der Waals surface area contributed by atoms with E-state index in [1.54, 1.807) is 24.3 Å². The SMILES string of the molecule is N#Cc1ccc([C@H](c2ccc(OCC(F)(F)F)nc2)N2CCC(NC(=O)c3ccc(C#N)nc3)C2)cc1. The van der Waals surface area contributed by atoms with E-state index in [-0.39, 0.29) is 29.6 Å². The van der Waals surface area contributed by atoms with Crippen molar-refractivity contribution in [3.8, 4) is 18.0 Å². The van der Waals surface area contributed by atoms with Crippen LogP contribution in [-0.2, 0) is 0 Å². The summed E-state index contributed by atoms with van der Waals surface area (Å²) in [6.07, 6.45) is -0.965. The minimum atomic E-state index is -4.46. The lowest BCUT2D eigenvalue weighted by molar-refractivity contribution is -0.154. The van der Waals surface area contributed by atoms with Gasteiger partial charge < -0.3 is 10.1 Å². The summed E-state index contributed by atoms with van der Waals surface area (Å²) in [6, 6.07) is 16.6. The first-order chi connectivity index (χ1) is 17.8. The summed E-state index contributed by atoms with van der Waals surface area (Å²) in [6.45, 7) is -0.291. The Morgan fingerprint density at radius 3 is 2.41 bits per heavy atom. The zero-order valence-electron chi connectivity index (χ0n) is 19.4. The molecule has 1 amide bonds. The second-order valence-corrected chi connectivity index (χ2v) is 8.47. The van der Waals surface area contributed by atoms with Crippen LogP contribution < -0.4 is 10.1 Å². The van der Waals surface area contributed by atoms with E-state index in [9.17, 15) is 18.0 Å². The van der Waals surface area contributed by atoms with Crippen molar-refractivity contribution in [2.24, 2.45) is 0 Å². The molecule has 0 aliphatic carbocycles. The molecule has 1 N–H and O–H groups in total. The van der Waals surface area contributed by atoms with Crippen LogP contribution in [0, 0.1) is 22.7 Å². The molecule has 4 rings (SSSR count). The van der Waals surface area contributed by atoms with Crippen molar-refractivity contribution in [1.82, 2.24) is 20.2 Å². The third-order valence-electron chi connectivity index (χ3n) is 5.87. The molecule has 1 aliphatic heterocycles. The van der Waals surface area contributed by atoms with Crippen LogP contribution in [-0.4, -0.2) is 52.7 Å². The minimum absolute atomic E-state index is 0.137. The Kier molecular flexibility index (Phi) is 7.66. The summed E-state index contributed by atoms with van der Waals surface area (Å²) >= 11 is 0. The van der Waals surface area contributed by atoms with Crippen molar-refractivity contribution in [1.29, 1.82) is 10.5 Å². The standard InChI is InChI=1S/C26H21F3N6O2/c27-26(28,29)16-37-23-8-6-19(13-33-23)24(18-3-1-17(11-30)2-4-18)35-10-9-22(15-35)34-25(36)20-5-7-21(12-31)32-14-20/h1-8,13-14,22,24H,9-10,15-16H2,(H,34,36)/t22?,24-/m1/s1. The maximum absolute atomic E-state index is 12.7. The van der Waals surface area contributed by atoms with Crippen LogP contribution in [0.25, 0.3) is 0 Å². The molecule has 0 bridgehead atoms. The number of carbonyl (C=O) groups is 1. The number of aromatic nitrogens is 2. The third kappa shape index (κ3) is 6.60. The van der Waals surface area contributed by atoms with Gasteiger partial charge in [-0.05, 0) is 41.8 Å². The number of nitrogens with one attached hydrogen (secondary N) is 1. The first-order valence-corrected chi connectivity index (χ1v) is 11.3. The van der Waals surface area contributed by atoms with Crippen molar-refractivity contribution in [3.63, 3.8) is 0 Å². The molecule has 1 aliphatic rings. The molecule has 1 saturated heterocycles. The number of carbonyl (C=O) groups excluding carboxylic acids is 1. The Morgan fingerprint density at radius 1 is 1.05 bits per heavy atom. The molecular weight excluding hydrogens is 485 g/mol. The molecule has 11 heteroatoms. The van der Waals surface area contributed by atoms with Crippen molar-refractivity contribution in [2.75, 3.05) is 19.7 Å². The van der Waals surface area contributed by atoms with Crippen molar-refractivity contribution < 1.29 is 22.7 Å². The Bertz CT molecular complexity index is 1310. The topological polar surface area (TPSA) is 115 Å². The lowest BCUT2D eigenvalue weighted by Crippen LogP contribution is -2.38. The summed E-state index contributed by atoms with van der Waals surface area (Å²) in [5, 5.41) is 21.0. The molecule has 2 aromatic heterocycles. The molecule has 2 atom stereocenters. The number of hydrogen-bond donors (Lipinski definition) is 1. The number of amides is 1. The van der Waals surface area contributed by atoms with E-state index in [0.717, 1.165) is 11.1 Å². The monoisotopic (exact) mass is 506 g/mol. The van der Waals surface area contributed by atoms with Crippen LogP contribution in [0.15, 0.2) is 60.9 Å². The second kappa shape index (κ2) is 11.1. The molecule has 188 valence electrons. The van der Waals surface area contributed by atoms with Gasteiger partial charge in [0, 0.05) is 37.6 Å². The summed E-state index contributed by atoms with van der Waals surface area (Å²) < 4.78 is 42.2.